The Morgan fingerprint density at radius 1 is 1.09 bits per heavy atom. The van der Waals surface area contributed by atoms with Gasteiger partial charge >= 0.3 is 0 Å². The Morgan fingerprint density at radius 2 is 2.00 bits per heavy atom. The van der Waals surface area contributed by atoms with Crippen molar-refractivity contribution in [1.82, 2.24) is 0 Å². The van der Waals surface area contributed by atoms with Gasteiger partial charge in [-0.3, -0.25) is 0 Å². The van der Waals surface area contributed by atoms with E-state index in [0.29, 0.717) is 6.61 Å². The molecular weight excluding hydrogens is 136 g/mol. The molecule has 0 aromatic heterocycles. The predicted molar refractivity (Wildman–Crippen MR) is 45.3 cm³/mol. The van der Waals surface area contributed by atoms with Gasteiger partial charge in [0.2, 0.25) is 0 Å². The minimum atomic E-state index is 0.411. The Bertz CT molecular complexity index is 131. The number of aliphatic hydroxyl groups is 1. The van der Waals surface area contributed by atoms with E-state index in [9.17, 15) is 0 Å². The third-order valence-corrected chi connectivity index (χ3v) is 3.73. The molecule has 2 aliphatic rings. The Balaban J connectivity index is 1.87. The predicted octanol–water partition coefficient (Wildman–Crippen LogP) is 2.20. The fourth-order valence-corrected chi connectivity index (χ4v) is 2.95. The minimum Gasteiger partial charge on any atom is -0.396 e. The van der Waals surface area contributed by atoms with Crippen molar-refractivity contribution in [3.05, 3.63) is 0 Å². The third kappa shape index (κ3) is 1.31. The first-order valence-electron chi connectivity index (χ1n) is 5.02. The van der Waals surface area contributed by atoms with Crippen LogP contribution < -0.4 is 0 Å². The Morgan fingerprint density at radius 3 is 2.64 bits per heavy atom. The first-order valence-corrected chi connectivity index (χ1v) is 5.02. The zero-order chi connectivity index (χ0) is 7.68. The van der Waals surface area contributed by atoms with Crippen LogP contribution in [0.25, 0.3) is 0 Å². The molecule has 3 unspecified atom stereocenters. The number of fused-ring (bicyclic) bond motifs is 1. The number of rotatable bonds is 2. The Labute approximate surface area is 68.8 Å². The highest BCUT2D eigenvalue weighted by Gasteiger charge is 2.38. The summed E-state index contributed by atoms with van der Waals surface area (Å²) in [5, 5.41) is 8.85. The SMILES string of the molecule is OCCC1CCCC2CCC12. The van der Waals surface area contributed by atoms with Crippen molar-refractivity contribution >= 4 is 0 Å². The molecule has 0 heterocycles. The molecule has 64 valence electrons. The van der Waals surface area contributed by atoms with Crippen molar-refractivity contribution in [2.24, 2.45) is 17.8 Å². The summed E-state index contributed by atoms with van der Waals surface area (Å²) in [4.78, 5) is 0. The van der Waals surface area contributed by atoms with Crippen LogP contribution in [0.3, 0.4) is 0 Å². The minimum absolute atomic E-state index is 0.411. The van der Waals surface area contributed by atoms with Gasteiger partial charge in [0.25, 0.3) is 0 Å². The molecule has 2 rings (SSSR count). The highest BCUT2D eigenvalue weighted by atomic mass is 16.3. The summed E-state index contributed by atoms with van der Waals surface area (Å²) in [5.41, 5.74) is 0. The molecule has 2 aliphatic carbocycles. The molecule has 0 bridgehead atoms. The average molecular weight is 154 g/mol. The molecule has 11 heavy (non-hydrogen) atoms. The van der Waals surface area contributed by atoms with E-state index in [0.717, 1.165) is 24.2 Å². The van der Waals surface area contributed by atoms with Crippen LogP contribution in [-0.2, 0) is 0 Å². The van der Waals surface area contributed by atoms with E-state index in [4.69, 9.17) is 5.11 Å². The molecule has 1 N–H and O–H groups in total. The van der Waals surface area contributed by atoms with Crippen LogP contribution in [0, 0.1) is 17.8 Å². The molecule has 0 radical (unpaired) electrons. The molecule has 0 aromatic rings. The monoisotopic (exact) mass is 154 g/mol. The van der Waals surface area contributed by atoms with Gasteiger partial charge in [0.15, 0.2) is 0 Å². The molecule has 0 aromatic carbocycles. The second kappa shape index (κ2) is 3.14. The van der Waals surface area contributed by atoms with Crippen molar-refractivity contribution in [3.8, 4) is 0 Å². The van der Waals surface area contributed by atoms with E-state index in [1.54, 1.807) is 0 Å². The number of hydrogen-bond donors (Lipinski definition) is 1. The summed E-state index contributed by atoms with van der Waals surface area (Å²) in [6.07, 6.45) is 8.29. The van der Waals surface area contributed by atoms with Crippen molar-refractivity contribution in [2.75, 3.05) is 6.61 Å². The zero-order valence-electron chi connectivity index (χ0n) is 7.13. The number of aliphatic hydroxyl groups excluding tert-OH is 1. The maximum Gasteiger partial charge on any atom is 0.0433 e. The molecule has 2 fully saturated rings. The maximum atomic E-state index is 8.85. The summed E-state index contributed by atoms with van der Waals surface area (Å²) in [6.45, 7) is 0.411. The van der Waals surface area contributed by atoms with Crippen molar-refractivity contribution < 1.29 is 5.11 Å². The van der Waals surface area contributed by atoms with Gasteiger partial charge in [0, 0.05) is 6.61 Å². The fraction of sp³-hybridized carbons (Fsp3) is 1.00. The molecule has 0 aliphatic heterocycles. The van der Waals surface area contributed by atoms with E-state index in [2.05, 4.69) is 0 Å². The van der Waals surface area contributed by atoms with E-state index in [-0.39, 0.29) is 0 Å². The van der Waals surface area contributed by atoms with Gasteiger partial charge in [-0.1, -0.05) is 19.3 Å². The van der Waals surface area contributed by atoms with Gasteiger partial charge in [-0.25, -0.2) is 0 Å². The van der Waals surface area contributed by atoms with Gasteiger partial charge in [-0.15, -0.1) is 0 Å². The highest BCUT2D eigenvalue weighted by Crippen LogP contribution is 2.48. The van der Waals surface area contributed by atoms with E-state index in [1.165, 1.54) is 32.1 Å². The Hall–Kier alpha value is -0.0400. The standard InChI is InChI=1S/C10H18O/c11-7-6-9-3-1-2-8-4-5-10(8)9/h8-11H,1-7H2. The second-order valence-electron chi connectivity index (χ2n) is 4.20. The lowest BCUT2D eigenvalue weighted by Crippen LogP contribution is -2.36. The first-order chi connectivity index (χ1) is 5.42. The van der Waals surface area contributed by atoms with Crippen LogP contribution >= 0.6 is 0 Å². The van der Waals surface area contributed by atoms with Gasteiger partial charge in [-0.2, -0.15) is 0 Å². The van der Waals surface area contributed by atoms with Crippen LogP contribution in [0.5, 0.6) is 0 Å². The Kier molecular flexibility index (Phi) is 2.17. The molecule has 0 saturated heterocycles. The average Bonchev–Trinajstić information content (AvgIpc) is 1.94. The summed E-state index contributed by atoms with van der Waals surface area (Å²) in [6, 6.07) is 0. The molecule has 0 amide bonds. The van der Waals surface area contributed by atoms with Gasteiger partial charge in [-0.05, 0) is 37.0 Å². The van der Waals surface area contributed by atoms with Gasteiger partial charge < -0.3 is 5.11 Å². The lowest BCUT2D eigenvalue weighted by atomic mass is 9.60. The van der Waals surface area contributed by atoms with E-state index >= 15 is 0 Å². The van der Waals surface area contributed by atoms with Crippen LogP contribution in [0.15, 0.2) is 0 Å². The zero-order valence-corrected chi connectivity index (χ0v) is 7.13. The van der Waals surface area contributed by atoms with E-state index in [1.807, 2.05) is 0 Å². The normalized spacial score (nSPS) is 42.8. The summed E-state index contributed by atoms with van der Waals surface area (Å²) in [7, 11) is 0. The topological polar surface area (TPSA) is 20.2 Å². The maximum absolute atomic E-state index is 8.85. The molecule has 1 nitrogen and oxygen atoms in total. The third-order valence-electron chi connectivity index (χ3n) is 3.73. The van der Waals surface area contributed by atoms with Crippen LogP contribution in [0.4, 0.5) is 0 Å². The van der Waals surface area contributed by atoms with Crippen LogP contribution in [0.1, 0.15) is 38.5 Å². The van der Waals surface area contributed by atoms with Crippen molar-refractivity contribution in [3.63, 3.8) is 0 Å². The van der Waals surface area contributed by atoms with Gasteiger partial charge in [0.05, 0.1) is 0 Å². The summed E-state index contributed by atoms with van der Waals surface area (Å²) >= 11 is 0. The smallest absolute Gasteiger partial charge is 0.0433 e. The largest absolute Gasteiger partial charge is 0.396 e. The second-order valence-corrected chi connectivity index (χ2v) is 4.20. The first kappa shape index (κ1) is 7.60. The van der Waals surface area contributed by atoms with Crippen LogP contribution in [-0.4, -0.2) is 11.7 Å². The summed E-state index contributed by atoms with van der Waals surface area (Å²) in [5.74, 6) is 2.95. The van der Waals surface area contributed by atoms with Crippen molar-refractivity contribution in [2.45, 2.75) is 38.5 Å². The molecule has 3 atom stereocenters. The van der Waals surface area contributed by atoms with Crippen LogP contribution in [0.2, 0.25) is 0 Å². The van der Waals surface area contributed by atoms with Crippen molar-refractivity contribution in [1.29, 1.82) is 0 Å². The van der Waals surface area contributed by atoms with E-state index < -0.39 is 0 Å². The molecule has 2 saturated carbocycles. The fourth-order valence-electron chi connectivity index (χ4n) is 2.95. The molecular formula is C10H18O. The quantitative estimate of drug-likeness (QED) is 0.646. The van der Waals surface area contributed by atoms with Gasteiger partial charge in [0.1, 0.15) is 0 Å². The lowest BCUT2D eigenvalue weighted by molar-refractivity contribution is 0.0386. The molecule has 1 heteroatoms. The number of hydrogen-bond acceptors (Lipinski definition) is 1. The lowest BCUT2D eigenvalue weighted by Gasteiger charge is -2.46. The highest BCUT2D eigenvalue weighted by molar-refractivity contribution is 4.89. The molecule has 0 spiro atoms. The summed E-state index contributed by atoms with van der Waals surface area (Å²) < 4.78 is 0.